The fourth-order valence-corrected chi connectivity index (χ4v) is 5.77. The van der Waals surface area contributed by atoms with E-state index in [1.807, 2.05) is 21.1 Å². The maximum absolute atomic E-state index is 12.7. The molecular formula is C35H72N2O6P+. The van der Waals surface area contributed by atoms with Crippen LogP contribution in [0.25, 0.3) is 0 Å². The first-order valence-corrected chi connectivity index (χ1v) is 19.5. The van der Waals surface area contributed by atoms with Gasteiger partial charge >= 0.3 is 7.82 Å². The number of phosphoric ester groups is 1. The first kappa shape index (κ1) is 43.2. The van der Waals surface area contributed by atoms with E-state index in [2.05, 4.69) is 31.3 Å². The molecule has 0 fully saturated rings. The van der Waals surface area contributed by atoms with Gasteiger partial charge in [0.15, 0.2) is 0 Å². The molecule has 44 heavy (non-hydrogen) atoms. The number of carbonyl (C=O) groups excluding carboxylic acids is 1. The van der Waals surface area contributed by atoms with Crippen molar-refractivity contribution in [2.24, 2.45) is 0 Å². The Morgan fingerprint density at radius 3 is 1.75 bits per heavy atom. The average Bonchev–Trinajstić information content (AvgIpc) is 2.95. The molecule has 9 heteroatoms. The first-order chi connectivity index (χ1) is 21.0. The fourth-order valence-electron chi connectivity index (χ4n) is 5.04. The Morgan fingerprint density at radius 1 is 0.750 bits per heavy atom. The summed E-state index contributed by atoms with van der Waals surface area (Å²) in [6.07, 6.45) is 28.0. The first-order valence-electron chi connectivity index (χ1n) is 18.1. The largest absolute Gasteiger partial charge is 0.472 e. The number of amides is 1. The standard InChI is InChI=1S/C35H71N2O6P/c1-6-8-10-12-14-16-18-19-20-22-24-26-28-34(38)33(32-43-44(40,41)42-31-30-37(3,4)5)36-35(39)29-27-25-23-21-17-15-13-11-9-7-2/h19-20,33-34,38H,6-18,21-32H2,1-5H3,(H-,36,39,40,41)/p+1/b20-19+/t33-,34+/m0/s1. The summed E-state index contributed by atoms with van der Waals surface area (Å²) < 4.78 is 23.4. The third-order valence-corrected chi connectivity index (χ3v) is 9.00. The second kappa shape index (κ2) is 28.5. The highest BCUT2D eigenvalue weighted by atomic mass is 31.2. The Hall–Kier alpha value is -0.760. The fraction of sp³-hybridized carbons (Fsp3) is 0.914. The zero-order valence-corrected chi connectivity index (χ0v) is 30.3. The topological polar surface area (TPSA) is 105 Å². The van der Waals surface area contributed by atoms with Gasteiger partial charge in [0, 0.05) is 6.42 Å². The lowest BCUT2D eigenvalue weighted by molar-refractivity contribution is -0.870. The van der Waals surface area contributed by atoms with Gasteiger partial charge in [-0.3, -0.25) is 13.8 Å². The number of allylic oxidation sites excluding steroid dienone is 2. The van der Waals surface area contributed by atoms with E-state index in [4.69, 9.17) is 9.05 Å². The minimum absolute atomic E-state index is 0.0714. The Balaban J connectivity index is 4.56. The predicted octanol–water partition coefficient (Wildman–Crippen LogP) is 8.85. The summed E-state index contributed by atoms with van der Waals surface area (Å²) in [5.41, 5.74) is 0. The van der Waals surface area contributed by atoms with Crippen molar-refractivity contribution in [2.75, 3.05) is 40.9 Å². The number of aliphatic hydroxyl groups is 1. The van der Waals surface area contributed by atoms with Crippen molar-refractivity contribution in [3.63, 3.8) is 0 Å². The lowest BCUT2D eigenvalue weighted by Crippen LogP contribution is -2.46. The number of phosphoric acid groups is 1. The Kier molecular flexibility index (Phi) is 28.0. The van der Waals surface area contributed by atoms with Gasteiger partial charge in [-0.2, -0.15) is 0 Å². The quantitative estimate of drug-likeness (QED) is 0.0292. The van der Waals surface area contributed by atoms with Crippen LogP contribution in [0.1, 0.15) is 155 Å². The maximum Gasteiger partial charge on any atom is 0.472 e. The number of hydrogen-bond acceptors (Lipinski definition) is 5. The van der Waals surface area contributed by atoms with Crippen molar-refractivity contribution in [3.05, 3.63) is 12.2 Å². The van der Waals surface area contributed by atoms with Gasteiger partial charge < -0.3 is 19.8 Å². The number of carbonyl (C=O) groups is 1. The van der Waals surface area contributed by atoms with Crippen LogP contribution in [0.2, 0.25) is 0 Å². The van der Waals surface area contributed by atoms with Crippen LogP contribution in [0.15, 0.2) is 12.2 Å². The number of rotatable bonds is 32. The zero-order valence-electron chi connectivity index (χ0n) is 29.4. The van der Waals surface area contributed by atoms with Gasteiger partial charge in [0.2, 0.25) is 5.91 Å². The summed E-state index contributed by atoms with van der Waals surface area (Å²) in [6.45, 7) is 4.81. The molecule has 1 amide bonds. The number of aliphatic hydroxyl groups excluding tert-OH is 1. The van der Waals surface area contributed by atoms with E-state index in [1.165, 1.54) is 83.5 Å². The molecule has 0 saturated heterocycles. The summed E-state index contributed by atoms with van der Waals surface area (Å²) in [5.74, 6) is -0.159. The zero-order chi connectivity index (χ0) is 32.9. The lowest BCUT2D eigenvalue weighted by Gasteiger charge is -2.26. The van der Waals surface area contributed by atoms with Gasteiger partial charge in [0.1, 0.15) is 13.2 Å². The van der Waals surface area contributed by atoms with Crippen LogP contribution in [-0.4, -0.2) is 73.4 Å². The molecular weight excluding hydrogens is 575 g/mol. The molecule has 3 N–H and O–H groups in total. The molecule has 0 bridgehead atoms. The minimum atomic E-state index is -4.30. The normalized spacial score (nSPS) is 15.0. The Morgan fingerprint density at radius 2 is 1.23 bits per heavy atom. The number of nitrogens with zero attached hydrogens (tertiary/aromatic N) is 1. The number of quaternary nitrogens is 1. The third-order valence-electron chi connectivity index (χ3n) is 8.01. The number of likely N-dealkylation sites (N-methyl/N-ethyl adjacent to an activating group) is 1. The molecule has 0 saturated carbocycles. The summed E-state index contributed by atoms with van der Waals surface area (Å²) in [4.78, 5) is 22.9. The molecule has 0 rings (SSSR count). The molecule has 3 atom stereocenters. The highest BCUT2D eigenvalue weighted by Crippen LogP contribution is 2.43. The molecule has 262 valence electrons. The third kappa shape index (κ3) is 29.9. The molecule has 1 unspecified atom stereocenters. The van der Waals surface area contributed by atoms with Gasteiger partial charge in [-0.05, 0) is 38.5 Å². The van der Waals surface area contributed by atoms with Crippen LogP contribution in [0, 0.1) is 0 Å². The lowest BCUT2D eigenvalue weighted by atomic mass is 10.0. The summed E-state index contributed by atoms with van der Waals surface area (Å²) in [6, 6.07) is -0.767. The van der Waals surface area contributed by atoms with Gasteiger partial charge in [-0.1, -0.05) is 122 Å². The summed E-state index contributed by atoms with van der Waals surface area (Å²) >= 11 is 0. The summed E-state index contributed by atoms with van der Waals surface area (Å²) in [5, 5.41) is 13.8. The number of unbranched alkanes of at least 4 members (excludes halogenated alkanes) is 17. The second-order valence-corrected chi connectivity index (χ2v) is 15.1. The molecule has 0 aromatic carbocycles. The van der Waals surface area contributed by atoms with Gasteiger partial charge in [-0.25, -0.2) is 4.57 Å². The van der Waals surface area contributed by atoms with Crippen LogP contribution >= 0.6 is 7.82 Å². The van der Waals surface area contributed by atoms with Crippen molar-refractivity contribution in [2.45, 2.75) is 167 Å². The van der Waals surface area contributed by atoms with Crippen LogP contribution in [-0.2, 0) is 18.4 Å². The van der Waals surface area contributed by atoms with Crippen molar-refractivity contribution in [3.8, 4) is 0 Å². The van der Waals surface area contributed by atoms with E-state index < -0.39 is 20.0 Å². The molecule has 0 heterocycles. The maximum atomic E-state index is 12.7. The SMILES string of the molecule is CCCCCCCC/C=C/CCCC[C@@H](O)[C@H](COP(=O)(O)OCC[N+](C)(C)C)NC(=O)CCCCCCCCCCCC. The Labute approximate surface area is 272 Å². The average molecular weight is 648 g/mol. The van der Waals surface area contributed by atoms with Crippen LogP contribution in [0.5, 0.6) is 0 Å². The van der Waals surface area contributed by atoms with E-state index in [0.29, 0.717) is 23.9 Å². The van der Waals surface area contributed by atoms with E-state index in [1.54, 1.807) is 0 Å². The van der Waals surface area contributed by atoms with Gasteiger partial charge in [0.25, 0.3) is 0 Å². The monoisotopic (exact) mass is 648 g/mol. The second-order valence-electron chi connectivity index (χ2n) is 13.6. The highest BCUT2D eigenvalue weighted by Gasteiger charge is 2.28. The van der Waals surface area contributed by atoms with E-state index in [0.717, 1.165) is 44.9 Å². The Bertz CT molecular complexity index is 743. The van der Waals surface area contributed by atoms with E-state index in [-0.39, 0.29) is 19.1 Å². The molecule has 0 aromatic heterocycles. The van der Waals surface area contributed by atoms with Crippen LogP contribution in [0.4, 0.5) is 0 Å². The molecule has 0 aliphatic rings. The van der Waals surface area contributed by atoms with Crippen LogP contribution in [0.3, 0.4) is 0 Å². The van der Waals surface area contributed by atoms with Crippen molar-refractivity contribution in [1.82, 2.24) is 5.32 Å². The van der Waals surface area contributed by atoms with E-state index in [9.17, 15) is 19.4 Å². The molecule has 0 spiro atoms. The van der Waals surface area contributed by atoms with Crippen LogP contribution < -0.4 is 5.32 Å². The van der Waals surface area contributed by atoms with Crippen molar-refractivity contribution >= 4 is 13.7 Å². The molecule has 0 aliphatic heterocycles. The predicted molar refractivity (Wildman–Crippen MR) is 185 cm³/mol. The number of nitrogens with one attached hydrogen (secondary N) is 1. The molecule has 0 aromatic rings. The van der Waals surface area contributed by atoms with E-state index >= 15 is 0 Å². The molecule has 0 aliphatic carbocycles. The smallest absolute Gasteiger partial charge is 0.391 e. The van der Waals surface area contributed by atoms with Crippen molar-refractivity contribution < 1.29 is 32.9 Å². The minimum Gasteiger partial charge on any atom is -0.391 e. The van der Waals surface area contributed by atoms with Gasteiger partial charge in [-0.15, -0.1) is 0 Å². The molecule has 0 radical (unpaired) electrons. The highest BCUT2D eigenvalue weighted by molar-refractivity contribution is 7.47. The molecule has 8 nitrogen and oxygen atoms in total. The van der Waals surface area contributed by atoms with Gasteiger partial charge in [0.05, 0.1) is 39.9 Å². The van der Waals surface area contributed by atoms with Crippen molar-refractivity contribution in [1.29, 1.82) is 0 Å². The number of hydrogen-bond donors (Lipinski definition) is 3. The summed E-state index contributed by atoms with van der Waals surface area (Å²) in [7, 11) is 1.60.